The summed E-state index contributed by atoms with van der Waals surface area (Å²) in [6.07, 6.45) is 1.19. The monoisotopic (exact) mass is 306 g/mol. The van der Waals surface area contributed by atoms with Crippen LogP contribution in [-0.4, -0.2) is 58.9 Å². The van der Waals surface area contributed by atoms with Crippen molar-refractivity contribution >= 4 is 5.91 Å². The van der Waals surface area contributed by atoms with Crippen LogP contribution in [0.15, 0.2) is 30.3 Å². The van der Waals surface area contributed by atoms with Gasteiger partial charge in [-0.05, 0) is 18.4 Å². The van der Waals surface area contributed by atoms with Gasteiger partial charge in [0.2, 0.25) is 5.91 Å². The first-order chi connectivity index (χ1) is 10.6. The molecule has 1 fully saturated rings. The highest BCUT2D eigenvalue weighted by Crippen LogP contribution is 2.19. The summed E-state index contributed by atoms with van der Waals surface area (Å²) in [6, 6.07) is 9.89. The maximum absolute atomic E-state index is 11.6. The van der Waals surface area contributed by atoms with Crippen LogP contribution in [0.5, 0.6) is 0 Å². The number of aliphatic hydroxyl groups excluding tert-OH is 2. The maximum atomic E-state index is 11.6. The van der Waals surface area contributed by atoms with Crippen molar-refractivity contribution in [2.45, 2.75) is 44.4 Å². The van der Waals surface area contributed by atoms with Crippen LogP contribution in [0.2, 0.25) is 0 Å². The molecule has 0 radical (unpaired) electrons. The molecule has 0 bridgehead atoms. The van der Waals surface area contributed by atoms with Gasteiger partial charge in [-0.1, -0.05) is 37.3 Å². The zero-order chi connectivity index (χ0) is 15.9. The molecular weight excluding hydrogens is 280 g/mol. The first kappa shape index (κ1) is 16.9. The van der Waals surface area contributed by atoms with Gasteiger partial charge in [0, 0.05) is 25.6 Å². The second-order valence-corrected chi connectivity index (χ2v) is 5.90. The van der Waals surface area contributed by atoms with Gasteiger partial charge in [0.15, 0.2) is 0 Å². The van der Waals surface area contributed by atoms with Crippen molar-refractivity contribution in [1.29, 1.82) is 0 Å². The Morgan fingerprint density at radius 2 is 2.09 bits per heavy atom. The third-order valence-electron chi connectivity index (χ3n) is 4.33. The van der Waals surface area contributed by atoms with E-state index in [9.17, 15) is 15.0 Å². The Labute approximate surface area is 131 Å². The fourth-order valence-corrected chi connectivity index (χ4v) is 2.95. The quantitative estimate of drug-likeness (QED) is 0.718. The molecule has 0 aromatic heterocycles. The fraction of sp³-hybridized carbons (Fsp3) is 0.588. The van der Waals surface area contributed by atoms with Crippen LogP contribution in [0.4, 0.5) is 0 Å². The maximum Gasteiger partial charge on any atom is 0.220 e. The van der Waals surface area contributed by atoms with E-state index in [2.05, 4.69) is 22.3 Å². The Morgan fingerprint density at radius 1 is 1.36 bits per heavy atom. The van der Waals surface area contributed by atoms with Crippen molar-refractivity contribution in [1.82, 2.24) is 10.2 Å². The summed E-state index contributed by atoms with van der Waals surface area (Å²) in [5.74, 6) is -0.0468. The number of hydrogen-bond acceptors (Lipinski definition) is 4. The summed E-state index contributed by atoms with van der Waals surface area (Å²) in [5, 5.41) is 22.6. The molecule has 22 heavy (non-hydrogen) atoms. The zero-order valence-electron chi connectivity index (χ0n) is 13.1. The average molecular weight is 306 g/mol. The molecule has 2 rings (SSSR count). The van der Waals surface area contributed by atoms with Crippen LogP contribution in [0, 0.1) is 0 Å². The number of nitrogens with zero attached hydrogens (tertiary/aromatic N) is 1. The van der Waals surface area contributed by atoms with Crippen molar-refractivity contribution < 1.29 is 15.0 Å². The van der Waals surface area contributed by atoms with E-state index in [4.69, 9.17) is 0 Å². The average Bonchev–Trinajstić information content (AvgIpc) is 2.55. The first-order valence-corrected chi connectivity index (χ1v) is 8.00. The van der Waals surface area contributed by atoms with E-state index in [1.165, 1.54) is 5.56 Å². The lowest BCUT2D eigenvalue weighted by Crippen LogP contribution is -2.59. The molecule has 1 saturated heterocycles. The van der Waals surface area contributed by atoms with Crippen molar-refractivity contribution in [2.75, 3.05) is 19.7 Å². The van der Waals surface area contributed by atoms with E-state index in [1.807, 2.05) is 18.2 Å². The van der Waals surface area contributed by atoms with E-state index in [0.717, 1.165) is 13.0 Å². The van der Waals surface area contributed by atoms with E-state index in [-0.39, 0.29) is 24.6 Å². The molecule has 1 aromatic carbocycles. The topological polar surface area (TPSA) is 72.8 Å². The molecule has 5 heteroatoms. The van der Waals surface area contributed by atoms with Gasteiger partial charge in [-0.15, -0.1) is 0 Å². The van der Waals surface area contributed by atoms with Crippen LogP contribution >= 0.6 is 0 Å². The molecule has 122 valence electrons. The summed E-state index contributed by atoms with van der Waals surface area (Å²) in [5.41, 5.74) is 1.25. The van der Waals surface area contributed by atoms with Crippen LogP contribution in [0.1, 0.15) is 25.3 Å². The number of likely N-dealkylation sites (tertiary alicyclic amines) is 1. The highest BCUT2D eigenvalue weighted by atomic mass is 16.3. The Balaban J connectivity index is 1.95. The Morgan fingerprint density at radius 3 is 2.73 bits per heavy atom. The summed E-state index contributed by atoms with van der Waals surface area (Å²) in [7, 11) is 0. The zero-order valence-corrected chi connectivity index (χ0v) is 13.1. The molecule has 0 saturated carbocycles. The lowest BCUT2D eigenvalue weighted by Gasteiger charge is -2.42. The third kappa shape index (κ3) is 4.53. The normalized spacial score (nSPS) is 25.9. The number of amides is 1. The van der Waals surface area contributed by atoms with Crippen molar-refractivity contribution in [3.63, 3.8) is 0 Å². The molecule has 0 spiro atoms. The van der Waals surface area contributed by atoms with E-state index < -0.39 is 6.10 Å². The van der Waals surface area contributed by atoms with Crippen LogP contribution in [0.25, 0.3) is 0 Å². The number of carbonyl (C=O) groups excluding carboxylic acids is 1. The summed E-state index contributed by atoms with van der Waals surface area (Å²) < 4.78 is 0. The molecule has 3 N–H and O–H groups in total. The lowest BCUT2D eigenvalue weighted by molar-refractivity contribution is -0.123. The predicted octanol–water partition coefficient (Wildman–Crippen LogP) is 0.551. The second-order valence-electron chi connectivity index (χ2n) is 5.90. The minimum absolute atomic E-state index is 0.0281. The van der Waals surface area contributed by atoms with Crippen molar-refractivity contribution in [3.05, 3.63) is 35.9 Å². The molecule has 1 aliphatic heterocycles. The Bertz CT molecular complexity index is 466. The Hall–Kier alpha value is -1.43. The minimum atomic E-state index is -0.597. The van der Waals surface area contributed by atoms with Gasteiger partial charge >= 0.3 is 0 Å². The number of benzene rings is 1. The van der Waals surface area contributed by atoms with Gasteiger partial charge in [-0.3, -0.25) is 9.69 Å². The smallest absolute Gasteiger partial charge is 0.220 e. The number of nitrogens with one attached hydrogen (secondary N) is 1. The summed E-state index contributed by atoms with van der Waals surface area (Å²) >= 11 is 0. The first-order valence-electron chi connectivity index (χ1n) is 8.00. The third-order valence-corrected chi connectivity index (χ3v) is 4.33. The fourth-order valence-electron chi connectivity index (χ4n) is 2.95. The molecule has 1 amide bonds. The van der Waals surface area contributed by atoms with Crippen LogP contribution in [0.3, 0.4) is 0 Å². The molecule has 3 unspecified atom stereocenters. The molecular formula is C17H26N2O3. The molecule has 1 heterocycles. The highest BCUT2D eigenvalue weighted by Gasteiger charge is 2.34. The summed E-state index contributed by atoms with van der Waals surface area (Å²) in [6.45, 7) is 3.21. The largest absolute Gasteiger partial charge is 0.395 e. The standard InChI is InChI=1S/C17H26N2O3/c1-2-17(22)18-15-11-19(14(12-20)10-16(15)21)9-8-13-6-4-3-5-7-13/h3-7,14-16,20-21H,2,8-12H2,1H3,(H,18,22). The second kappa shape index (κ2) is 8.27. The van der Waals surface area contributed by atoms with Gasteiger partial charge in [-0.25, -0.2) is 0 Å². The SMILES string of the molecule is CCC(=O)NC1CN(CCc2ccccc2)C(CO)CC1O. The van der Waals surface area contributed by atoms with E-state index >= 15 is 0 Å². The number of aliphatic hydroxyl groups is 2. The van der Waals surface area contributed by atoms with Crippen LogP contribution < -0.4 is 5.32 Å². The van der Waals surface area contributed by atoms with Crippen molar-refractivity contribution in [3.8, 4) is 0 Å². The highest BCUT2D eigenvalue weighted by molar-refractivity contribution is 5.75. The van der Waals surface area contributed by atoms with Gasteiger partial charge in [0.25, 0.3) is 0 Å². The van der Waals surface area contributed by atoms with Gasteiger partial charge in [-0.2, -0.15) is 0 Å². The molecule has 5 nitrogen and oxygen atoms in total. The van der Waals surface area contributed by atoms with Crippen LogP contribution in [-0.2, 0) is 11.2 Å². The number of rotatable bonds is 6. The van der Waals surface area contributed by atoms with E-state index in [0.29, 0.717) is 19.4 Å². The number of piperidine rings is 1. The van der Waals surface area contributed by atoms with Gasteiger partial charge in [0.05, 0.1) is 18.8 Å². The molecule has 3 atom stereocenters. The molecule has 0 aliphatic carbocycles. The molecule has 1 aromatic rings. The lowest BCUT2D eigenvalue weighted by atomic mass is 9.94. The van der Waals surface area contributed by atoms with Crippen molar-refractivity contribution in [2.24, 2.45) is 0 Å². The van der Waals surface area contributed by atoms with Gasteiger partial charge in [0.1, 0.15) is 0 Å². The number of carbonyl (C=O) groups is 1. The van der Waals surface area contributed by atoms with E-state index in [1.54, 1.807) is 6.92 Å². The summed E-state index contributed by atoms with van der Waals surface area (Å²) in [4.78, 5) is 13.7. The minimum Gasteiger partial charge on any atom is -0.395 e. The molecule has 1 aliphatic rings. The Kier molecular flexibility index (Phi) is 6.36. The van der Waals surface area contributed by atoms with Gasteiger partial charge < -0.3 is 15.5 Å². The predicted molar refractivity (Wildman–Crippen MR) is 85.4 cm³/mol. The number of hydrogen-bond donors (Lipinski definition) is 3.